The van der Waals surface area contributed by atoms with Crippen LogP contribution in [0.5, 0.6) is 0 Å². The van der Waals surface area contributed by atoms with Crippen molar-refractivity contribution in [1.82, 2.24) is 5.32 Å². The molecule has 0 spiro atoms. The third-order valence-corrected chi connectivity index (χ3v) is 4.34. The molecule has 0 heterocycles. The van der Waals surface area contributed by atoms with Crippen molar-refractivity contribution >= 4 is 18.3 Å². The van der Waals surface area contributed by atoms with Crippen molar-refractivity contribution in [1.29, 1.82) is 0 Å². The first-order chi connectivity index (χ1) is 9.65. The number of benzene rings is 1. The van der Waals surface area contributed by atoms with Crippen molar-refractivity contribution < 1.29 is 4.79 Å². The van der Waals surface area contributed by atoms with E-state index >= 15 is 0 Å². The van der Waals surface area contributed by atoms with Crippen molar-refractivity contribution in [2.75, 3.05) is 6.54 Å². The highest BCUT2D eigenvalue weighted by Crippen LogP contribution is 2.27. The molecular weight excluding hydrogens is 284 g/mol. The Morgan fingerprint density at radius 1 is 1.24 bits per heavy atom. The smallest absolute Gasteiger partial charge is 0.237 e. The second-order valence-electron chi connectivity index (χ2n) is 6.17. The topological polar surface area (TPSA) is 55.1 Å². The summed E-state index contributed by atoms with van der Waals surface area (Å²) >= 11 is 0. The molecule has 2 rings (SSSR count). The molecule has 0 aliphatic heterocycles. The Kier molecular flexibility index (Phi) is 7.76. The lowest BCUT2D eigenvalue weighted by Gasteiger charge is -2.26. The third-order valence-electron chi connectivity index (χ3n) is 4.34. The normalized spacial score (nSPS) is 23.0. The Bertz CT molecular complexity index is 416. The zero-order valence-electron chi connectivity index (χ0n) is 12.8. The van der Waals surface area contributed by atoms with Gasteiger partial charge in [0.05, 0.1) is 6.04 Å². The van der Waals surface area contributed by atoms with Crippen LogP contribution < -0.4 is 11.1 Å². The lowest BCUT2D eigenvalue weighted by molar-refractivity contribution is -0.122. The minimum Gasteiger partial charge on any atom is -0.354 e. The number of nitrogens with one attached hydrogen (secondary N) is 1. The quantitative estimate of drug-likeness (QED) is 0.878. The van der Waals surface area contributed by atoms with Crippen LogP contribution in [-0.2, 0) is 11.2 Å². The van der Waals surface area contributed by atoms with Crippen molar-refractivity contribution in [3.05, 3.63) is 35.9 Å². The molecule has 1 aliphatic rings. The van der Waals surface area contributed by atoms with E-state index in [9.17, 15) is 4.79 Å². The van der Waals surface area contributed by atoms with Crippen LogP contribution in [0, 0.1) is 11.8 Å². The van der Waals surface area contributed by atoms with E-state index in [1.54, 1.807) is 0 Å². The lowest BCUT2D eigenvalue weighted by atomic mass is 9.83. The van der Waals surface area contributed by atoms with E-state index in [-0.39, 0.29) is 18.3 Å². The predicted molar refractivity (Wildman–Crippen MR) is 89.5 cm³/mol. The van der Waals surface area contributed by atoms with Crippen LogP contribution in [0.2, 0.25) is 0 Å². The monoisotopic (exact) mass is 310 g/mol. The van der Waals surface area contributed by atoms with Crippen molar-refractivity contribution in [2.24, 2.45) is 17.6 Å². The zero-order valence-corrected chi connectivity index (χ0v) is 13.6. The molecule has 4 heteroatoms. The van der Waals surface area contributed by atoms with Gasteiger partial charge < -0.3 is 11.1 Å². The number of amides is 1. The average Bonchev–Trinajstić information content (AvgIpc) is 2.47. The predicted octanol–water partition coefficient (Wildman–Crippen LogP) is 2.92. The first-order valence-corrected chi connectivity index (χ1v) is 7.72. The van der Waals surface area contributed by atoms with E-state index in [4.69, 9.17) is 5.73 Å². The Hall–Kier alpha value is -1.06. The summed E-state index contributed by atoms with van der Waals surface area (Å²) in [6.07, 6.45) is 5.65. The molecular formula is C17H27ClN2O. The number of carbonyl (C=O) groups is 1. The summed E-state index contributed by atoms with van der Waals surface area (Å²) in [7, 11) is 0. The van der Waals surface area contributed by atoms with Crippen LogP contribution in [-0.4, -0.2) is 18.5 Å². The number of hydrogen-bond donors (Lipinski definition) is 2. The third kappa shape index (κ3) is 6.06. The molecule has 0 aromatic heterocycles. The summed E-state index contributed by atoms with van der Waals surface area (Å²) < 4.78 is 0. The molecule has 1 amide bonds. The van der Waals surface area contributed by atoms with Gasteiger partial charge in [0.15, 0.2) is 0 Å². The summed E-state index contributed by atoms with van der Waals surface area (Å²) in [6.45, 7) is 3.10. The van der Waals surface area contributed by atoms with Gasteiger partial charge in [-0.25, -0.2) is 0 Å². The maximum Gasteiger partial charge on any atom is 0.237 e. The van der Waals surface area contributed by atoms with Crippen LogP contribution in [0.1, 0.15) is 38.2 Å². The van der Waals surface area contributed by atoms with Crippen LogP contribution in [0.3, 0.4) is 0 Å². The Balaban J connectivity index is 0.00000220. The highest BCUT2D eigenvalue weighted by molar-refractivity contribution is 5.85. The first kappa shape index (κ1) is 18.0. The van der Waals surface area contributed by atoms with Gasteiger partial charge >= 0.3 is 0 Å². The molecule has 118 valence electrons. The van der Waals surface area contributed by atoms with Crippen molar-refractivity contribution in [3.8, 4) is 0 Å². The van der Waals surface area contributed by atoms with Crippen molar-refractivity contribution in [2.45, 2.75) is 45.1 Å². The number of nitrogens with two attached hydrogens (primary N) is 1. The van der Waals surface area contributed by atoms with E-state index in [1.165, 1.54) is 25.7 Å². The van der Waals surface area contributed by atoms with E-state index < -0.39 is 6.04 Å². The molecule has 1 aliphatic carbocycles. The Labute approximate surface area is 134 Å². The van der Waals surface area contributed by atoms with E-state index in [0.717, 1.165) is 18.0 Å². The first-order valence-electron chi connectivity index (χ1n) is 7.72. The summed E-state index contributed by atoms with van der Waals surface area (Å²) in [5.41, 5.74) is 7.09. The Morgan fingerprint density at radius 2 is 1.86 bits per heavy atom. The molecule has 1 fully saturated rings. The SMILES string of the molecule is CC1CCC(CNC(=O)C(N)Cc2ccccc2)CC1.Cl. The second kappa shape index (κ2) is 9.06. The van der Waals surface area contributed by atoms with Crippen LogP contribution >= 0.6 is 12.4 Å². The second-order valence-corrected chi connectivity index (χ2v) is 6.17. The van der Waals surface area contributed by atoms with Gasteiger partial charge in [-0.2, -0.15) is 0 Å². The average molecular weight is 311 g/mol. The number of hydrogen-bond acceptors (Lipinski definition) is 2. The van der Waals surface area contributed by atoms with Crippen LogP contribution in [0.15, 0.2) is 30.3 Å². The fraction of sp³-hybridized carbons (Fsp3) is 0.588. The van der Waals surface area contributed by atoms with Gasteiger partial charge in [-0.15, -0.1) is 12.4 Å². The Morgan fingerprint density at radius 3 is 2.48 bits per heavy atom. The number of halogens is 1. The highest BCUT2D eigenvalue weighted by atomic mass is 35.5. The molecule has 1 saturated carbocycles. The zero-order chi connectivity index (χ0) is 14.4. The highest BCUT2D eigenvalue weighted by Gasteiger charge is 2.20. The lowest BCUT2D eigenvalue weighted by Crippen LogP contribution is -2.44. The summed E-state index contributed by atoms with van der Waals surface area (Å²) in [6, 6.07) is 9.50. The summed E-state index contributed by atoms with van der Waals surface area (Å²) in [4.78, 5) is 12.0. The van der Waals surface area contributed by atoms with Gasteiger partial charge in [-0.3, -0.25) is 4.79 Å². The number of carbonyl (C=O) groups excluding carboxylic acids is 1. The van der Waals surface area contributed by atoms with Crippen LogP contribution in [0.25, 0.3) is 0 Å². The van der Waals surface area contributed by atoms with Gasteiger partial charge in [0.2, 0.25) is 5.91 Å². The largest absolute Gasteiger partial charge is 0.354 e. The van der Waals surface area contributed by atoms with E-state index in [1.807, 2.05) is 30.3 Å². The maximum absolute atomic E-state index is 12.0. The van der Waals surface area contributed by atoms with E-state index in [0.29, 0.717) is 12.3 Å². The van der Waals surface area contributed by atoms with Gasteiger partial charge in [0.1, 0.15) is 0 Å². The van der Waals surface area contributed by atoms with Gasteiger partial charge in [0, 0.05) is 6.54 Å². The number of rotatable bonds is 5. The molecule has 0 bridgehead atoms. The van der Waals surface area contributed by atoms with Gasteiger partial charge in [-0.1, -0.05) is 50.1 Å². The molecule has 1 aromatic carbocycles. The maximum atomic E-state index is 12.0. The fourth-order valence-corrected chi connectivity index (χ4v) is 2.87. The summed E-state index contributed by atoms with van der Waals surface area (Å²) in [5.74, 6) is 1.47. The fourth-order valence-electron chi connectivity index (χ4n) is 2.87. The molecule has 1 unspecified atom stereocenters. The minimum absolute atomic E-state index is 0. The molecule has 21 heavy (non-hydrogen) atoms. The standard InChI is InChI=1S/C17H26N2O.ClH/c1-13-7-9-15(10-8-13)12-19-17(20)16(18)11-14-5-3-2-4-6-14;/h2-6,13,15-16H,7-12,18H2,1H3,(H,19,20);1H. The molecule has 0 saturated heterocycles. The molecule has 3 nitrogen and oxygen atoms in total. The van der Waals surface area contributed by atoms with E-state index in [2.05, 4.69) is 12.2 Å². The van der Waals surface area contributed by atoms with Crippen LogP contribution in [0.4, 0.5) is 0 Å². The molecule has 0 radical (unpaired) electrons. The van der Waals surface area contributed by atoms with Crippen molar-refractivity contribution in [3.63, 3.8) is 0 Å². The minimum atomic E-state index is -0.445. The molecule has 3 N–H and O–H groups in total. The van der Waals surface area contributed by atoms with Gasteiger partial charge in [0.25, 0.3) is 0 Å². The molecule has 1 atom stereocenters. The molecule has 1 aromatic rings. The van der Waals surface area contributed by atoms with Gasteiger partial charge in [-0.05, 0) is 36.7 Å². The summed E-state index contributed by atoms with van der Waals surface area (Å²) in [5, 5.41) is 3.02.